The molecular formula is C24H26BrNO. The highest BCUT2D eigenvalue weighted by Crippen LogP contribution is 2.32. The molecule has 3 aromatic rings. The first kappa shape index (κ1) is 19.8. The minimum atomic E-state index is -0.489. The summed E-state index contributed by atoms with van der Waals surface area (Å²) >= 11 is 3.55. The van der Waals surface area contributed by atoms with Gasteiger partial charge in [0, 0.05) is 17.6 Å². The SMILES string of the molecule is CN(CCc1ccccc1)CCC(O)c1cc(Br)ccc1-c1ccccc1. The van der Waals surface area contributed by atoms with E-state index in [2.05, 4.69) is 70.3 Å². The van der Waals surface area contributed by atoms with Gasteiger partial charge >= 0.3 is 0 Å². The number of aliphatic hydroxyl groups excluding tert-OH is 1. The molecule has 0 spiro atoms. The average molecular weight is 424 g/mol. The molecule has 1 N–H and O–H groups in total. The topological polar surface area (TPSA) is 23.5 Å². The number of nitrogens with zero attached hydrogens (tertiary/aromatic N) is 1. The van der Waals surface area contributed by atoms with Crippen LogP contribution in [0.1, 0.15) is 23.7 Å². The van der Waals surface area contributed by atoms with Gasteiger partial charge < -0.3 is 10.0 Å². The molecule has 0 fully saturated rings. The number of halogens is 1. The van der Waals surface area contributed by atoms with Gasteiger partial charge in [0.25, 0.3) is 0 Å². The van der Waals surface area contributed by atoms with E-state index >= 15 is 0 Å². The third-order valence-corrected chi connectivity index (χ3v) is 5.36. The zero-order valence-corrected chi connectivity index (χ0v) is 17.3. The molecule has 3 rings (SSSR count). The quantitative estimate of drug-likeness (QED) is 0.501. The van der Waals surface area contributed by atoms with Gasteiger partial charge in [-0.25, -0.2) is 0 Å². The first-order chi connectivity index (χ1) is 13.1. The van der Waals surface area contributed by atoms with Crippen LogP contribution in [0.4, 0.5) is 0 Å². The highest BCUT2D eigenvalue weighted by molar-refractivity contribution is 9.10. The van der Waals surface area contributed by atoms with Gasteiger partial charge in [-0.05, 0) is 54.3 Å². The van der Waals surface area contributed by atoms with Crippen LogP contribution in [0.25, 0.3) is 11.1 Å². The van der Waals surface area contributed by atoms with Gasteiger partial charge in [-0.2, -0.15) is 0 Å². The van der Waals surface area contributed by atoms with Crippen LogP contribution in [0.2, 0.25) is 0 Å². The van der Waals surface area contributed by atoms with E-state index in [-0.39, 0.29) is 0 Å². The maximum atomic E-state index is 10.9. The van der Waals surface area contributed by atoms with Crippen LogP contribution in [0.5, 0.6) is 0 Å². The van der Waals surface area contributed by atoms with Crippen molar-refractivity contribution in [2.45, 2.75) is 18.9 Å². The molecule has 140 valence electrons. The third-order valence-electron chi connectivity index (χ3n) is 4.87. The van der Waals surface area contributed by atoms with E-state index < -0.39 is 6.10 Å². The Kier molecular flexibility index (Phi) is 7.22. The Balaban J connectivity index is 1.62. The molecule has 0 heterocycles. The zero-order valence-electron chi connectivity index (χ0n) is 15.7. The Hall–Kier alpha value is -1.94. The van der Waals surface area contributed by atoms with Gasteiger partial charge in [0.1, 0.15) is 0 Å². The first-order valence-corrected chi connectivity index (χ1v) is 10.2. The number of aliphatic hydroxyl groups is 1. The van der Waals surface area contributed by atoms with Crippen molar-refractivity contribution >= 4 is 15.9 Å². The van der Waals surface area contributed by atoms with E-state index in [0.29, 0.717) is 6.42 Å². The zero-order chi connectivity index (χ0) is 19.1. The molecule has 0 amide bonds. The second-order valence-electron chi connectivity index (χ2n) is 6.94. The summed E-state index contributed by atoms with van der Waals surface area (Å²) in [5, 5.41) is 10.9. The molecular weight excluding hydrogens is 398 g/mol. The number of likely N-dealkylation sites (N-methyl/N-ethyl adjacent to an activating group) is 1. The van der Waals surface area contributed by atoms with E-state index in [0.717, 1.165) is 40.7 Å². The largest absolute Gasteiger partial charge is 0.388 e. The van der Waals surface area contributed by atoms with Gasteiger partial charge in [0.05, 0.1) is 6.10 Å². The van der Waals surface area contributed by atoms with Crippen LogP contribution in [-0.4, -0.2) is 30.1 Å². The second-order valence-corrected chi connectivity index (χ2v) is 7.86. The molecule has 2 nitrogen and oxygen atoms in total. The molecule has 0 saturated carbocycles. The smallest absolute Gasteiger partial charge is 0.0808 e. The lowest BCUT2D eigenvalue weighted by Gasteiger charge is -2.21. The Morgan fingerprint density at radius 3 is 2.26 bits per heavy atom. The molecule has 1 atom stereocenters. The van der Waals surface area contributed by atoms with Crippen LogP contribution >= 0.6 is 15.9 Å². The summed E-state index contributed by atoms with van der Waals surface area (Å²) in [6.45, 7) is 1.84. The van der Waals surface area contributed by atoms with Crippen molar-refractivity contribution < 1.29 is 5.11 Å². The lowest BCUT2D eigenvalue weighted by Crippen LogP contribution is -2.24. The maximum absolute atomic E-state index is 10.9. The Bertz CT molecular complexity index is 836. The highest BCUT2D eigenvalue weighted by Gasteiger charge is 2.15. The Labute approximate surface area is 170 Å². The van der Waals surface area contributed by atoms with E-state index in [1.165, 1.54) is 5.56 Å². The molecule has 0 saturated heterocycles. The Morgan fingerprint density at radius 2 is 1.56 bits per heavy atom. The minimum absolute atomic E-state index is 0.489. The molecule has 3 aromatic carbocycles. The predicted molar refractivity (Wildman–Crippen MR) is 117 cm³/mol. The van der Waals surface area contributed by atoms with Crippen molar-refractivity contribution in [3.05, 3.63) is 94.5 Å². The van der Waals surface area contributed by atoms with E-state index in [1.807, 2.05) is 36.4 Å². The fourth-order valence-electron chi connectivity index (χ4n) is 3.26. The van der Waals surface area contributed by atoms with Crippen LogP contribution in [0.3, 0.4) is 0 Å². The van der Waals surface area contributed by atoms with Crippen LogP contribution < -0.4 is 0 Å². The molecule has 0 aliphatic rings. The number of benzene rings is 3. The number of rotatable bonds is 8. The standard InChI is InChI=1S/C24H26BrNO/c1-26(16-14-19-8-4-2-5-9-19)17-15-24(27)23-18-21(25)12-13-22(23)20-10-6-3-7-11-20/h2-13,18,24,27H,14-17H2,1H3. The monoisotopic (exact) mass is 423 g/mol. The highest BCUT2D eigenvalue weighted by atomic mass is 79.9. The summed E-state index contributed by atoms with van der Waals surface area (Å²) in [5.74, 6) is 0. The van der Waals surface area contributed by atoms with Crippen molar-refractivity contribution in [3.63, 3.8) is 0 Å². The summed E-state index contributed by atoms with van der Waals surface area (Å²) < 4.78 is 0.994. The summed E-state index contributed by atoms with van der Waals surface area (Å²) in [4.78, 5) is 2.29. The van der Waals surface area contributed by atoms with Crippen LogP contribution in [-0.2, 0) is 6.42 Å². The molecule has 1 unspecified atom stereocenters. The van der Waals surface area contributed by atoms with Gasteiger partial charge in [-0.15, -0.1) is 0 Å². The van der Waals surface area contributed by atoms with E-state index in [9.17, 15) is 5.11 Å². The van der Waals surface area contributed by atoms with Gasteiger partial charge in [-0.1, -0.05) is 82.7 Å². The molecule has 0 aromatic heterocycles. The van der Waals surface area contributed by atoms with Crippen molar-refractivity contribution in [2.75, 3.05) is 20.1 Å². The minimum Gasteiger partial charge on any atom is -0.388 e. The molecule has 0 radical (unpaired) electrons. The molecule has 0 aliphatic carbocycles. The number of hydrogen-bond acceptors (Lipinski definition) is 2. The number of hydrogen-bond donors (Lipinski definition) is 1. The van der Waals surface area contributed by atoms with E-state index in [1.54, 1.807) is 0 Å². The van der Waals surface area contributed by atoms with Crippen molar-refractivity contribution in [1.82, 2.24) is 4.90 Å². The third kappa shape index (κ3) is 5.77. The maximum Gasteiger partial charge on any atom is 0.0808 e. The summed E-state index contributed by atoms with van der Waals surface area (Å²) in [6, 6.07) is 26.9. The van der Waals surface area contributed by atoms with Crippen molar-refractivity contribution in [2.24, 2.45) is 0 Å². The van der Waals surface area contributed by atoms with Gasteiger partial charge in [0.2, 0.25) is 0 Å². The van der Waals surface area contributed by atoms with Crippen molar-refractivity contribution in [3.8, 4) is 11.1 Å². The summed E-state index contributed by atoms with van der Waals surface area (Å²) in [5.41, 5.74) is 4.56. The normalized spacial score (nSPS) is 12.3. The van der Waals surface area contributed by atoms with Crippen LogP contribution in [0, 0.1) is 0 Å². The molecule has 0 bridgehead atoms. The second kappa shape index (κ2) is 9.84. The lowest BCUT2D eigenvalue weighted by molar-refractivity contribution is 0.150. The Morgan fingerprint density at radius 1 is 0.889 bits per heavy atom. The molecule has 3 heteroatoms. The summed E-state index contributed by atoms with van der Waals surface area (Å²) in [6.07, 6.45) is 1.25. The predicted octanol–water partition coefficient (Wildman–Crippen LogP) is 5.71. The van der Waals surface area contributed by atoms with Gasteiger partial charge in [0.15, 0.2) is 0 Å². The fraction of sp³-hybridized carbons (Fsp3) is 0.250. The molecule has 27 heavy (non-hydrogen) atoms. The van der Waals surface area contributed by atoms with Gasteiger partial charge in [-0.3, -0.25) is 0 Å². The first-order valence-electron chi connectivity index (χ1n) is 9.39. The summed E-state index contributed by atoms with van der Waals surface area (Å²) in [7, 11) is 2.12. The fourth-order valence-corrected chi connectivity index (χ4v) is 3.64. The van der Waals surface area contributed by atoms with Crippen molar-refractivity contribution in [1.29, 1.82) is 0 Å². The average Bonchev–Trinajstić information content (AvgIpc) is 2.72. The lowest BCUT2D eigenvalue weighted by atomic mass is 9.95. The molecule has 0 aliphatic heterocycles. The van der Waals surface area contributed by atoms with Crippen LogP contribution in [0.15, 0.2) is 83.3 Å². The van der Waals surface area contributed by atoms with E-state index in [4.69, 9.17) is 0 Å².